The zero-order valence-corrected chi connectivity index (χ0v) is 10.2. The molecule has 0 amide bonds. The Morgan fingerprint density at radius 1 is 1.42 bits per heavy atom. The van der Waals surface area contributed by atoms with Crippen LogP contribution in [0.2, 0.25) is 0 Å². The Kier molecular flexibility index (Phi) is 3.67. The van der Waals surface area contributed by atoms with E-state index in [0.717, 1.165) is 25.0 Å². The highest BCUT2D eigenvalue weighted by Crippen LogP contribution is 2.33. The number of anilines is 1. The van der Waals surface area contributed by atoms with Gasteiger partial charge in [0.2, 0.25) is 0 Å². The maximum atomic E-state index is 12.5. The minimum atomic E-state index is -4.44. The van der Waals surface area contributed by atoms with Crippen molar-refractivity contribution in [2.75, 3.05) is 11.9 Å². The van der Waals surface area contributed by atoms with E-state index in [-0.39, 0.29) is 11.6 Å². The van der Waals surface area contributed by atoms with Crippen LogP contribution >= 0.6 is 0 Å². The summed E-state index contributed by atoms with van der Waals surface area (Å²) >= 11 is 0. The Balaban J connectivity index is 2.10. The van der Waals surface area contributed by atoms with E-state index >= 15 is 0 Å². The lowest BCUT2D eigenvalue weighted by molar-refractivity contribution is -0.137. The summed E-state index contributed by atoms with van der Waals surface area (Å²) in [5.41, 5.74) is 5.45. The molecule has 0 heterocycles. The SMILES string of the molecule is N#Cc1cc(C(F)(F)F)ccc1NCC(N)C1CC1. The highest BCUT2D eigenvalue weighted by atomic mass is 19.4. The average Bonchev–Trinajstić information content (AvgIpc) is 3.18. The Morgan fingerprint density at radius 3 is 2.63 bits per heavy atom. The second-order valence-corrected chi connectivity index (χ2v) is 4.75. The van der Waals surface area contributed by atoms with Crippen molar-refractivity contribution in [3.8, 4) is 6.07 Å². The molecule has 0 radical (unpaired) electrons. The van der Waals surface area contributed by atoms with Gasteiger partial charge in [-0.1, -0.05) is 0 Å². The van der Waals surface area contributed by atoms with Crippen LogP contribution in [-0.2, 0) is 6.18 Å². The summed E-state index contributed by atoms with van der Waals surface area (Å²) in [5.74, 6) is 0.493. The number of nitrogens with one attached hydrogen (secondary N) is 1. The first-order valence-corrected chi connectivity index (χ1v) is 6.02. The van der Waals surface area contributed by atoms with Crippen LogP contribution in [0.4, 0.5) is 18.9 Å². The molecule has 1 aromatic carbocycles. The molecule has 1 aliphatic rings. The molecule has 0 aliphatic heterocycles. The third-order valence-corrected chi connectivity index (χ3v) is 3.22. The third kappa shape index (κ3) is 3.38. The first-order valence-electron chi connectivity index (χ1n) is 6.02. The second kappa shape index (κ2) is 5.10. The van der Waals surface area contributed by atoms with Crippen LogP contribution in [0.5, 0.6) is 0 Å². The number of halogens is 3. The molecular weight excluding hydrogens is 255 g/mol. The Morgan fingerprint density at radius 2 is 2.11 bits per heavy atom. The molecule has 1 atom stereocenters. The van der Waals surface area contributed by atoms with Crippen LogP contribution in [0.25, 0.3) is 0 Å². The van der Waals surface area contributed by atoms with E-state index in [9.17, 15) is 13.2 Å². The zero-order chi connectivity index (χ0) is 14.0. The van der Waals surface area contributed by atoms with Crippen molar-refractivity contribution in [3.05, 3.63) is 29.3 Å². The molecule has 19 heavy (non-hydrogen) atoms. The summed E-state index contributed by atoms with van der Waals surface area (Å²) in [4.78, 5) is 0. The molecule has 1 saturated carbocycles. The minimum absolute atomic E-state index is 0.0159. The highest BCUT2D eigenvalue weighted by molar-refractivity contribution is 5.59. The van der Waals surface area contributed by atoms with Crippen LogP contribution in [0.15, 0.2) is 18.2 Å². The molecule has 0 aromatic heterocycles. The number of rotatable bonds is 4. The molecule has 1 unspecified atom stereocenters. The van der Waals surface area contributed by atoms with E-state index in [1.54, 1.807) is 6.07 Å². The van der Waals surface area contributed by atoms with Crippen molar-refractivity contribution in [3.63, 3.8) is 0 Å². The number of hydrogen-bond donors (Lipinski definition) is 2. The van der Waals surface area contributed by atoms with Gasteiger partial charge in [0, 0.05) is 12.6 Å². The summed E-state index contributed by atoms with van der Waals surface area (Å²) in [5, 5.41) is 11.9. The van der Waals surface area contributed by atoms with Crippen molar-refractivity contribution in [1.82, 2.24) is 0 Å². The second-order valence-electron chi connectivity index (χ2n) is 4.75. The molecule has 1 aliphatic carbocycles. The maximum absolute atomic E-state index is 12.5. The summed E-state index contributed by atoms with van der Waals surface area (Å²) in [6, 6.07) is 4.85. The van der Waals surface area contributed by atoms with Crippen molar-refractivity contribution < 1.29 is 13.2 Å². The van der Waals surface area contributed by atoms with Crippen LogP contribution < -0.4 is 11.1 Å². The number of nitrogens with zero attached hydrogens (tertiary/aromatic N) is 1. The van der Waals surface area contributed by atoms with Crippen LogP contribution in [0.3, 0.4) is 0 Å². The lowest BCUT2D eigenvalue weighted by atomic mass is 10.1. The maximum Gasteiger partial charge on any atom is 0.416 e. The van der Waals surface area contributed by atoms with Crippen molar-refractivity contribution in [1.29, 1.82) is 5.26 Å². The summed E-state index contributed by atoms with van der Waals surface area (Å²) in [6.45, 7) is 0.463. The van der Waals surface area contributed by atoms with Gasteiger partial charge in [0.25, 0.3) is 0 Å². The fraction of sp³-hybridized carbons (Fsp3) is 0.462. The van der Waals surface area contributed by atoms with E-state index in [0.29, 0.717) is 18.2 Å². The summed E-state index contributed by atoms with van der Waals surface area (Å²) < 4.78 is 37.5. The van der Waals surface area contributed by atoms with Crippen molar-refractivity contribution in [2.45, 2.75) is 25.1 Å². The van der Waals surface area contributed by atoms with Crippen LogP contribution in [0, 0.1) is 17.2 Å². The fourth-order valence-electron chi connectivity index (χ4n) is 1.89. The molecular formula is C13H14F3N3. The topological polar surface area (TPSA) is 61.8 Å². The Bertz CT molecular complexity index is 501. The number of hydrogen-bond acceptors (Lipinski definition) is 3. The van der Waals surface area contributed by atoms with E-state index in [2.05, 4.69) is 5.32 Å². The molecule has 6 heteroatoms. The number of nitriles is 1. The van der Waals surface area contributed by atoms with Gasteiger partial charge in [-0.05, 0) is 37.0 Å². The van der Waals surface area contributed by atoms with Gasteiger partial charge < -0.3 is 11.1 Å². The third-order valence-electron chi connectivity index (χ3n) is 3.22. The van der Waals surface area contributed by atoms with Crippen molar-refractivity contribution >= 4 is 5.69 Å². The van der Waals surface area contributed by atoms with Gasteiger partial charge in [0.15, 0.2) is 0 Å². The molecule has 102 valence electrons. The van der Waals surface area contributed by atoms with E-state index in [4.69, 9.17) is 11.0 Å². The predicted octanol–water partition coefficient (Wildman–Crippen LogP) is 2.73. The molecule has 1 fully saturated rings. The first-order chi connectivity index (χ1) is 8.91. The quantitative estimate of drug-likeness (QED) is 0.883. The minimum Gasteiger partial charge on any atom is -0.382 e. The Labute approximate surface area is 109 Å². The predicted molar refractivity (Wildman–Crippen MR) is 65.3 cm³/mol. The molecule has 0 spiro atoms. The van der Waals surface area contributed by atoms with Gasteiger partial charge in [-0.15, -0.1) is 0 Å². The fourth-order valence-corrected chi connectivity index (χ4v) is 1.89. The molecule has 0 saturated heterocycles. The molecule has 0 bridgehead atoms. The van der Waals surface area contributed by atoms with Crippen molar-refractivity contribution in [2.24, 2.45) is 11.7 Å². The summed E-state index contributed by atoms with van der Waals surface area (Å²) in [7, 11) is 0. The first kappa shape index (κ1) is 13.7. The van der Waals surface area contributed by atoms with Crippen LogP contribution in [0.1, 0.15) is 24.0 Å². The number of benzene rings is 1. The van der Waals surface area contributed by atoms with Gasteiger partial charge in [-0.25, -0.2) is 0 Å². The zero-order valence-electron chi connectivity index (χ0n) is 10.2. The number of nitrogens with two attached hydrogens (primary N) is 1. The Hall–Kier alpha value is -1.74. The number of alkyl halides is 3. The van der Waals surface area contributed by atoms with Gasteiger partial charge in [0.05, 0.1) is 16.8 Å². The van der Waals surface area contributed by atoms with E-state index in [1.165, 1.54) is 6.07 Å². The lowest BCUT2D eigenvalue weighted by Gasteiger charge is -2.15. The van der Waals surface area contributed by atoms with Gasteiger partial charge >= 0.3 is 6.18 Å². The van der Waals surface area contributed by atoms with E-state index in [1.807, 2.05) is 0 Å². The van der Waals surface area contributed by atoms with Gasteiger partial charge in [-0.2, -0.15) is 18.4 Å². The molecule has 3 N–H and O–H groups in total. The molecule has 3 nitrogen and oxygen atoms in total. The van der Waals surface area contributed by atoms with E-state index < -0.39 is 11.7 Å². The average molecular weight is 269 g/mol. The normalized spacial score (nSPS) is 16.8. The van der Waals surface area contributed by atoms with Crippen LogP contribution in [-0.4, -0.2) is 12.6 Å². The smallest absolute Gasteiger partial charge is 0.382 e. The standard InChI is InChI=1S/C13H14F3N3/c14-13(15,16)10-3-4-12(9(5-10)6-17)19-7-11(18)8-1-2-8/h3-5,8,11,19H,1-2,7,18H2. The largest absolute Gasteiger partial charge is 0.416 e. The summed E-state index contributed by atoms with van der Waals surface area (Å²) in [6.07, 6.45) is -2.24. The highest BCUT2D eigenvalue weighted by Gasteiger charge is 2.31. The molecule has 1 aromatic rings. The molecule has 2 rings (SSSR count). The van der Waals surface area contributed by atoms with Gasteiger partial charge in [-0.3, -0.25) is 0 Å². The monoisotopic (exact) mass is 269 g/mol. The van der Waals surface area contributed by atoms with Gasteiger partial charge in [0.1, 0.15) is 6.07 Å². The lowest BCUT2D eigenvalue weighted by Crippen LogP contribution is -2.31.